The van der Waals surface area contributed by atoms with E-state index in [2.05, 4.69) is 0 Å². The lowest BCUT2D eigenvalue weighted by atomic mass is 10.2. The van der Waals surface area contributed by atoms with Crippen LogP contribution in [0.5, 0.6) is 5.75 Å². The first-order valence-corrected chi connectivity index (χ1v) is 4.12. The van der Waals surface area contributed by atoms with Crippen LogP contribution in [-0.2, 0) is 18.4 Å². The standard InChI is InChI=1S/C9H14N2O3/c1-11-4-6(9(10)12)8(14-3)7(11)5-13-2/h4H,5H2,1-3H3,(H2,10,12). The van der Waals surface area contributed by atoms with E-state index in [0.29, 0.717) is 17.9 Å². The molecule has 0 spiro atoms. The predicted molar refractivity (Wildman–Crippen MR) is 51.2 cm³/mol. The van der Waals surface area contributed by atoms with Crippen LogP contribution in [0.25, 0.3) is 0 Å². The van der Waals surface area contributed by atoms with Gasteiger partial charge in [-0.25, -0.2) is 0 Å². The molecule has 0 bridgehead atoms. The van der Waals surface area contributed by atoms with Crippen LogP contribution in [0.15, 0.2) is 6.20 Å². The van der Waals surface area contributed by atoms with Gasteiger partial charge >= 0.3 is 0 Å². The van der Waals surface area contributed by atoms with E-state index in [1.54, 1.807) is 17.9 Å². The van der Waals surface area contributed by atoms with Crippen molar-refractivity contribution < 1.29 is 14.3 Å². The average molecular weight is 198 g/mol. The smallest absolute Gasteiger partial charge is 0.254 e. The van der Waals surface area contributed by atoms with E-state index >= 15 is 0 Å². The first-order chi connectivity index (χ1) is 6.61. The summed E-state index contributed by atoms with van der Waals surface area (Å²) < 4.78 is 11.9. The first-order valence-electron chi connectivity index (χ1n) is 4.12. The zero-order chi connectivity index (χ0) is 10.7. The molecule has 5 nitrogen and oxygen atoms in total. The number of hydrogen-bond acceptors (Lipinski definition) is 3. The van der Waals surface area contributed by atoms with Crippen molar-refractivity contribution in [2.45, 2.75) is 6.61 Å². The van der Waals surface area contributed by atoms with Crippen LogP contribution >= 0.6 is 0 Å². The molecule has 1 rings (SSSR count). The maximum absolute atomic E-state index is 11.0. The molecule has 0 aromatic carbocycles. The molecular weight excluding hydrogens is 184 g/mol. The maximum atomic E-state index is 11.0. The molecule has 0 aliphatic carbocycles. The Labute approximate surface area is 82.4 Å². The summed E-state index contributed by atoms with van der Waals surface area (Å²) in [6, 6.07) is 0. The molecular formula is C9H14N2O3. The van der Waals surface area contributed by atoms with Crippen molar-refractivity contribution in [2.24, 2.45) is 12.8 Å². The molecule has 78 valence electrons. The van der Waals surface area contributed by atoms with Gasteiger partial charge in [0, 0.05) is 20.4 Å². The Morgan fingerprint density at radius 3 is 2.64 bits per heavy atom. The fraction of sp³-hybridized carbons (Fsp3) is 0.444. The molecule has 0 saturated carbocycles. The second kappa shape index (κ2) is 4.15. The van der Waals surface area contributed by atoms with Crippen LogP contribution in [0.3, 0.4) is 0 Å². The Balaban J connectivity index is 3.20. The van der Waals surface area contributed by atoms with Crippen molar-refractivity contribution in [3.63, 3.8) is 0 Å². The van der Waals surface area contributed by atoms with Gasteiger partial charge in [-0.05, 0) is 0 Å². The number of methoxy groups -OCH3 is 2. The van der Waals surface area contributed by atoms with E-state index in [-0.39, 0.29) is 0 Å². The summed E-state index contributed by atoms with van der Waals surface area (Å²) in [5, 5.41) is 0. The van der Waals surface area contributed by atoms with Crippen LogP contribution in [-0.4, -0.2) is 24.7 Å². The van der Waals surface area contributed by atoms with Crippen LogP contribution in [0, 0.1) is 0 Å². The molecule has 1 aromatic rings. The summed E-state index contributed by atoms with van der Waals surface area (Å²) in [6.07, 6.45) is 1.63. The van der Waals surface area contributed by atoms with Crippen LogP contribution in [0.1, 0.15) is 16.1 Å². The van der Waals surface area contributed by atoms with Gasteiger partial charge in [0.15, 0.2) is 5.75 Å². The van der Waals surface area contributed by atoms with Crippen LogP contribution in [0.4, 0.5) is 0 Å². The highest BCUT2D eigenvalue weighted by molar-refractivity contribution is 5.96. The van der Waals surface area contributed by atoms with Crippen LogP contribution < -0.4 is 10.5 Å². The highest BCUT2D eigenvalue weighted by Gasteiger charge is 2.17. The predicted octanol–water partition coefficient (Wildman–Crippen LogP) is 0.279. The van der Waals surface area contributed by atoms with E-state index in [9.17, 15) is 4.79 Å². The number of nitrogens with two attached hydrogens (primary N) is 1. The third-order valence-electron chi connectivity index (χ3n) is 2.01. The molecule has 1 aromatic heterocycles. The van der Waals surface area contributed by atoms with Gasteiger partial charge in [0.1, 0.15) is 0 Å². The largest absolute Gasteiger partial charge is 0.494 e. The topological polar surface area (TPSA) is 66.5 Å². The molecule has 0 aliphatic heterocycles. The lowest BCUT2D eigenvalue weighted by Crippen LogP contribution is -2.11. The molecule has 0 aliphatic rings. The third-order valence-corrected chi connectivity index (χ3v) is 2.01. The molecule has 0 atom stereocenters. The zero-order valence-corrected chi connectivity index (χ0v) is 8.53. The Kier molecular flexibility index (Phi) is 3.14. The molecule has 0 radical (unpaired) electrons. The monoisotopic (exact) mass is 198 g/mol. The van der Waals surface area contributed by atoms with Gasteiger partial charge in [0.2, 0.25) is 0 Å². The van der Waals surface area contributed by atoms with Crippen molar-refractivity contribution in [2.75, 3.05) is 14.2 Å². The van der Waals surface area contributed by atoms with Crippen molar-refractivity contribution in [1.82, 2.24) is 4.57 Å². The minimum atomic E-state index is -0.500. The van der Waals surface area contributed by atoms with Crippen LogP contribution in [0.2, 0.25) is 0 Å². The number of hydrogen-bond donors (Lipinski definition) is 1. The van der Waals surface area contributed by atoms with Gasteiger partial charge in [-0.2, -0.15) is 0 Å². The summed E-state index contributed by atoms with van der Waals surface area (Å²) in [7, 11) is 4.89. The number of amides is 1. The molecule has 0 fully saturated rings. The Morgan fingerprint density at radius 1 is 1.57 bits per heavy atom. The lowest BCUT2D eigenvalue weighted by molar-refractivity contribution is 0.0997. The highest BCUT2D eigenvalue weighted by Crippen LogP contribution is 2.25. The summed E-state index contributed by atoms with van der Waals surface area (Å²) in [6.45, 7) is 0.382. The molecule has 1 heterocycles. The third kappa shape index (κ3) is 1.72. The van der Waals surface area contributed by atoms with Gasteiger partial charge in [0.25, 0.3) is 5.91 Å². The normalized spacial score (nSPS) is 10.2. The average Bonchev–Trinajstić information content (AvgIpc) is 2.44. The minimum absolute atomic E-state index is 0.377. The van der Waals surface area contributed by atoms with Gasteiger partial charge < -0.3 is 19.8 Å². The second-order valence-electron chi connectivity index (χ2n) is 2.93. The van der Waals surface area contributed by atoms with Crippen molar-refractivity contribution in [3.05, 3.63) is 17.5 Å². The number of aromatic nitrogens is 1. The number of ether oxygens (including phenoxy) is 2. The summed E-state index contributed by atoms with van der Waals surface area (Å²) in [4.78, 5) is 11.0. The summed E-state index contributed by atoms with van der Waals surface area (Å²) >= 11 is 0. The number of primary amides is 1. The highest BCUT2D eigenvalue weighted by atomic mass is 16.5. The zero-order valence-electron chi connectivity index (χ0n) is 8.53. The fourth-order valence-corrected chi connectivity index (χ4v) is 1.35. The van der Waals surface area contributed by atoms with Crippen molar-refractivity contribution in [3.8, 4) is 5.75 Å². The Hall–Kier alpha value is -1.49. The van der Waals surface area contributed by atoms with E-state index in [0.717, 1.165) is 5.69 Å². The Bertz CT molecular complexity index is 344. The number of rotatable bonds is 4. The van der Waals surface area contributed by atoms with Gasteiger partial charge in [-0.3, -0.25) is 4.79 Å². The van der Waals surface area contributed by atoms with Gasteiger partial charge in [-0.15, -0.1) is 0 Å². The van der Waals surface area contributed by atoms with Gasteiger partial charge in [-0.1, -0.05) is 0 Å². The fourth-order valence-electron chi connectivity index (χ4n) is 1.35. The maximum Gasteiger partial charge on any atom is 0.254 e. The molecule has 0 saturated heterocycles. The molecule has 5 heteroatoms. The minimum Gasteiger partial charge on any atom is -0.494 e. The number of nitrogens with zero attached hydrogens (tertiary/aromatic N) is 1. The summed E-state index contributed by atoms with van der Waals surface area (Å²) in [5.41, 5.74) is 6.37. The SMILES string of the molecule is COCc1c(OC)c(C(N)=O)cn1C. The van der Waals surface area contributed by atoms with Crippen molar-refractivity contribution in [1.29, 1.82) is 0 Å². The Morgan fingerprint density at radius 2 is 2.21 bits per heavy atom. The molecule has 1 amide bonds. The molecule has 2 N–H and O–H groups in total. The number of aryl methyl sites for hydroxylation is 1. The lowest BCUT2D eigenvalue weighted by Gasteiger charge is -2.05. The molecule has 14 heavy (non-hydrogen) atoms. The number of carbonyl (C=O) groups is 1. The molecule has 0 unspecified atom stereocenters. The summed E-state index contributed by atoms with van der Waals surface area (Å²) in [5.74, 6) is -0.0124. The van der Waals surface area contributed by atoms with Crippen molar-refractivity contribution >= 4 is 5.91 Å². The second-order valence-corrected chi connectivity index (χ2v) is 2.93. The number of carbonyl (C=O) groups excluding carboxylic acids is 1. The van der Waals surface area contributed by atoms with Gasteiger partial charge in [0.05, 0.1) is 25.0 Å². The van der Waals surface area contributed by atoms with E-state index in [1.165, 1.54) is 7.11 Å². The van der Waals surface area contributed by atoms with E-state index in [1.807, 2.05) is 7.05 Å². The van der Waals surface area contributed by atoms with E-state index in [4.69, 9.17) is 15.2 Å². The van der Waals surface area contributed by atoms with E-state index < -0.39 is 5.91 Å². The first kappa shape index (κ1) is 10.6. The quantitative estimate of drug-likeness (QED) is 0.755.